The molecule has 0 bridgehead atoms. The van der Waals surface area contributed by atoms with E-state index in [1.54, 1.807) is 12.5 Å². The molecule has 0 saturated carbocycles. The van der Waals surface area contributed by atoms with Crippen LogP contribution in [0.1, 0.15) is 30.3 Å². The minimum Gasteiger partial charge on any atom is -0.384 e. The van der Waals surface area contributed by atoms with Crippen molar-refractivity contribution in [1.29, 1.82) is 0 Å². The van der Waals surface area contributed by atoms with Gasteiger partial charge in [0.1, 0.15) is 5.69 Å². The van der Waals surface area contributed by atoms with Gasteiger partial charge in [-0.2, -0.15) is 0 Å². The number of thiazole rings is 1. The van der Waals surface area contributed by atoms with E-state index >= 15 is 0 Å². The van der Waals surface area contributed by atoms with E-state index in [4.69, 9.17) is 4.74 Å². The third-order valence-electron chi connectivity index (χ3n) is 3.76. The van der Waals surface area contributed by atoms with Crippen LogP contribution in [0.25, 0.3) is 0 Å². The van der Waals surface area contributed by atoms with E-state index in [1.807, 2.05) is 0 Å². The summed E-state index contributed by atoms with van der Waals surface area (Å²) in [5.41, 5.74) is 0.307. The second kappa shape index (κ2) is 7.66. The van der Waals surface area contributed by atoms with Gasteiger partial charge in [-0.25, -0.2) is 4.98 Å². The maximum absolute atomic E-state index is 12.2. The minimum atomic E-state index is -0.220. The first-order chi connectivity index (χ1) is 10.5. The van der Waals surface area contributed by atoms with Crippen LogP contribution in [0.5, 0.6) is 0 Å². The van der Waals surface area contributed by atoms with E-state index in [2.05, 4.69) is 20.9 Å². The van der Waals surface area contributed by atoms with Crippen molar-refractivity contribution in [3.8, 4) is 0 Å². The van der Waals surface area contributed by atoms with Crippen LogP contribution < -0.4 is 16.0 Å². The standard InChI is InChI=1S/C14H22N4O3S/c1-10(19)17-13-18-11(7-22-13)12(20)16-8-14(9-21-2)3-5-15-6-4-14/h7,15H,3-6,8-9H2,1-2H3,(H,16,20)(H,17,18,19). The minimum absolute atomic E-state index is 0.0217. The van der Waals surface area contributed by atoms with Crippen molar-refractivity contribution in [2.45, 2.75) is 19.8 Å². The monoisotopic (exact) mass is 326 g/mol. The van der Waals surface area contributed by atoms with Crippen molar-refractivity contribution in [3.63, 3.8) is 0 Å². The molecule has 0 spiro atoms. The van der Waals surface area contributed by atoms with Crippen molar-refractivity contribution >= 4 is 28.3 Å². The molecule has 0 atom stereocenters. The molecule has 1 aromatic rings. The molecule has 8 heteroatoms. The average Bonchev–Trinajstić information content (AvgIpc) is 2.94. The molecule has 0 aliphatic carbocycles. The highest BCUT2D eigenvalue weighted by Crippen LogP contribution is 2.28. The quantitative estimate of drug-likeness (QED) is 0.721. The van der Waals surface area contributed by atoms with Crippen LogP contribution in [0.15, 0.2) is 5.38 Å². The van der Waals surface area contributed by atoms with Crippen LogP contribution >= 0.6 is 11.3 Å². The van der Waals surface area contributed by atoms with Gasteiger partial charge in [0.05, 0.1) is 6.61 Å². The maximum Gasteiger partial charge on any atom is 0.270 e. The fraction of sp³-hybridized carbons (Fsp3) is 0.643. The summed E-state index contributed by atoms with van der Waals surface area (Å²) in [5, 5.41) is 10.9. The third-order valence-corrected chi connectivity index (χ3v) is 4.52. The van der Waals surface area contributed by atoms with Gasteiger partial charge >= 0.3 is 0 Å². The highest BCUT2D eigenvalue weighted by Gasteiger charge is 2.32. The summed E-state index contributed by atoms with van der Waals surface area (Å²) in [4.78, 5) is 27.3. The number of piperidine rings is 1. The zero-order valence-corrected chi connectivity index (χ0v) is 13.7. The average molecular weight is 326 g/mol. The lowest BCUT2D eigenvalue weighted by Crippen LogP contribution is -2.47. The van der Waals surface area contributed by atoms with Crippen molar-refractivity contribution in [3.05, 3.63) is 11.1 Å². The lowest BCUT2D eigenvalue weighted by Gasteiger charge is -2.37. The van der Waals surface area contributed by atoms with Gasteiger partial charge in [-0.1, -0.05) is 0 Å². The summed E-state index contributed by atoms with van der Waals surface area (Å²) >= 11 is 1.24. The topological polar surface area (TPSA) is 92.4 Å². The van der Waals surface area contributed by atoms with Gasteiger partial charge in [0.15, 0.2) is 5.13 Å². The summed E-state index contributed by atoms with van der Waals surface area (Å²) in [6, 6.07) is 0. The van der Waals surface area contributed by atoms with Gasteiger partial charge in [-0.05, 0) is 25.9 Å². The summed E-state index contributed by atoms with van der Waals surface area (Å²) in [7, 11) is 1.69. The largest absolute Gasteiger partial charge is 0.384 e. The molecule has 22 heavy (non-hydrogen) atoms. The van der Waals surface area contributed by atoms with Gasteiger partial charge in [0.2, 0.25) is 5.91 Å². The number of rotatable bonds is 6. The summed E-state index contributed by atoms with van der Waals surface area (Å²) in [6.07, 6.45) is 1.94. The van der Waals surface area contributed by atoms with E-state index in [9.17, 15) is 9.59 Å². The molecule has 122 valence electrons. The van der Waals surface area contributed by atoms with Crippen LogP contribution in [0.2, 0.25) is 0 Å². The zero-order chi connectivity index (χ0) is 16.0. The highest BCUT2D eigenvalue weighted by atomic mass is 32.1. The maximum atomic E-state index is 12.2. The second-order valence-electron chi connectivity index (χ2n) is 5.58. The van der Waals surface area contributed by atoms with Crippen molar-refractivity contribution in [1.82, 2.24) is 15.6 Å². The molecule has 1 fully saturated rings. The van der Waals surface area contributed by atoms with Crippen LogP contribution in [0.3, 0.4) is 0 Å². The molecular weight excluding hydrogens is 304 g/mol. The lowest BCUT2D eigenvalue weighted by atomic mass is 9.79. The zero-order valence-electron chi connectivity index (χ0n) is 12.9. The highest BCUT2D eigenvalue weighted by molar-refractivity contribution is 7.14. The van der Waals surface area contributed by atoms with E-state index in [0.29, 0.717) is 24.0 Å². The number of carbonyl (C=O) groups excluding carboxylic acids is 2. The van der Waals surface area contributed by atoms with Crippen LogP contribution in [0, 0.1) is 5.41 Å². The Balaban J connectivity index is 1.93. The Bertz CT molecular complexity index is 520. The fourth-order valence-electron chi connectivity index (χ4n) is 2.58. The molecule has 1 aliphatic rings. The van der Waals surface area contributed by atoms with Crippen molar-refractivity contribution in [2.24, 2.45) is 5.41 Å². The molecule has 1 aromatic heterocycles. The van der Waals surface area contributed by atoms with Gasteiger partial charge < -0.3 is 20.7 Å². The number of nitrogens with zero attached hydrogens (tertiary/aromatic N) is 1. The van der Waals surface area contributed by atoms with Gasteiger partial charge in [0, 0.05) is 31.4 Å². The van der Waals surface area contributed by atoms with Gasteiger partial charge in [-0.15, -0.1) is 11.3 Å². The number of ether oxygens (including phenoxy) is 1. The van der Waals surface area contributed by atoms with Crippen molar-refractivity contribution in [2.75, 3.05) is 38.7 Å². The summed E-state index contributed by atoms with van der Waals surface area (Å²) in [5.74, 6) is -0.420. The van der Waals surface area contributed by atoms with E-state index in [1.165, 1.54) is 18.3 Å². The Morgan fingerprint density at radius 1 is 1.45 bits per heavy atom. The Kier molecular flexibility index (Phi) is 5.87. The molecule has 2 heterocycles. The normalized spacial score (nSPS) is 17.0. The first-order valence-electron chi connectivity index (χ1n) is 7.26. The number of hydrogen-bond acceptors (Lipinski definition) is 6. The predicted molar refractivity (Wildman–Crippen MR) is 85.2 cm³/mol. The molecule has 0 aromatic carbocycles. The molecular formula is C14H22N4O3S. The number of anilines is 1. The molecule has 2 rings (SSSR count). The molecule has 1 aliphatic heterocycles. The van der Waals surface area contributed by atoms with Crippen LogP contribution in [0.4, 0.5) is 5.13 Å². The first-order valence-corrected chi connectivity index (χ1v) is 8.14. The van der Waals surface area contributed by atoms with Crippen molar-refractivity contribution < 1.29 is 14.3 Å². The fourth-order valence-corrected chi connectivity index (χ4v) is 3.32. The smallest absolute Gasteiger partial charge is 0.270 e. The van der Waals surface area contributed by atoms with Gasteiger partial charge in [-0.3, -0.25) is 9.59 Å². The molecule has 7 nitrogen and oxygen atoms in total. The second-order valence-corrected chi connectivity index (χ2v) is 6.44. The predicted octanol–water partition coefficient (Wildman–Crippen LogP) is 0.847. The number of amides is 2. The van der Waals surface area contributed by atoms with E-state index < -0.39 is 0 Å². The Labute approximate surface area is 133 Å². The Hall–Kier alpha value is -1.51. The third kappa shape index (κ3) is 4.49. The Morgan fingerprint density at radius 2 is 2.18 bits per heavy atom. The van der Waals surface area contributed by atoms with Gasteiger partial charge in [0.25, 0.3) is 5.91 Å². The van der Waals surface area contributed by atoms with E-state index in [0.717, 1.165) is 25.9 Å². The number of aromatic nitrogens is 1. The van der Waals surface area contributed by atoms with Crippen LogP contribution in [-0.2, 0) is 9.53 Å². The summed E-state index contributed by atoms with van der Waals surface area (Å²) in [6.45, 7) is 4.47. The molecule has 1 saturated heterocycles. The molecule has 3 N–H and O–H groups in total. The number of carbonyl (C=O) groups is 2. The molecule has 0 radical (unpaired) electrons. The SMILES string of the molecule is COCC1(CNC(=O)c2csc(NC(C)=O)n2)CCNCC1. The number of methoxy groups -OCH3 is 1. The molecule has 0 unspecified atom stereocenters. The summed E-state index contributed by atoms with van der Waals surface area (Å²) < 4.78 is 5.33. The van der Waals surface area contributed by atoms with E-state index in [-0.39, 0.29) is 17.2 Å². The molecule has 2 amide bonds. The first kappa shape index (κ1) is 16.9. The lowest BCUT2D eigenvalue weighted by molar-refractivity contribution is -0.114. The number of nitrogens with one attached hydrogen (secondary N) is 3. The van der Waals surface area contributed by atoms with Crippen LogP contribution in [-0.4, -0.2) is 50.1 Å². The number of hydrogen-bond donors (Lipinski definition) is 3. The Morgan fingerprint density at radius 3 is 2.82 bits per heavy atom.